The van der Waals surface area contributed by atoms with Crippen molar-refractivity contribution in [3.05, 3.63) is 0 Å². The van der Waals surface area contributed by atoms with Crippen LogP contribution in [0.4, 0.5) is 0 Å². The first-order chi connectivity index (χ1) is 9.56. The molecule has 2 saturated heterocycles. The third-order valence-electron chi connectivity index (χ3n) is 5.02. The van der Waals surface area contributed by atoms with E-state index in [1.165, 1.54) is 12.8 Å². The molecule has 2 unspecified atom stereocenters. The maximum atomic E-state index is 12.7. The Balaban J connectivity index is 1.95. The molecule has 1 N–H and O–H groups in total. The van der Waals surface area contributed by atoms with Crippen molar-refractivity contribution in [2.45, 2.75) is 58.4 Å². The minimum absolute atomic E-state index is 0.0361. The van der Waals surface area contributed by atoms with E-state index in [-0.39, 0.29) is 24.0 Å². The summed E-state index contributed by atoms with van der Waals surface area (Å²) in [4.78, 5) is 17.0. The van der Waals surface area contributed by atoms with E-state index in [2.05, 4.69) is 16.7 Å². The Bertz CT molecular complexity index is 326. The SMILES string of the molecule is CC(C(=O)N1CCCCCC1)N1CCCC(C)(CO)C1. The highest BCUT2D eigenvalue weighted by Gasteiger charge is 2.35. The average Bonchev–Trinajstić information content (AvgIpc) is 2.75. The van der Waals surface area contributed by atoms with Gasteiger partial charge in [0, 0.05) is 31.7 Å². The van der Waals surface area contributed by atoms with Crippen LogP contribution >= 0.6 is 0 Å². The van der Waals surface area contributed by atoms with Crippen molar-refractivity contribution in [2.75, 3.05) is 32.8 Å². The quantitative estimate of drug-likeness (QED) is 0.859. The molecule has 2 fully saturated rings. The highest BCUT2D eigenvalue weighted by molar-refractivity contribution is 5.81. The van der Waals surface area contributed by atoms with E-state index < -0.39 is 0 Å². The first-order valence-electron chi connectivity index (χ1n) is 8.19. The van der Waals surface area contributed by atoms with Crippen LogP contribution in [0.1, 0.15) is 52.4 Å². The van der Waals surface area contributed by atoms with Gasteiger partial charge in [0.05, 0.1) is 6.04 Å². The van der Waals surface area contributed by atoms with E-state index in [9.17, 15) is 9.90 Å². The van der Waals surface area contributed by atoms with Crippen LogP contribution in [0.5, 0.6) is 0 Å². The summed E-state index contributed by atoms with van der Waals surface area (Å²) in [6.07, 6.45) is 6.94. The molecule has 0 aliphatic carbocycles. The number of piperidine rings is 1. The van der Waals surface area contributed by atoms with Crippen molar-refractivity contribution in [1.29, 1.82) is 0 Å². The fourth-order valence-electron chi connectivity index (χ4n) is 3.53. The molecule has 2 rings (SSSR count). The third-order valence-corrected chi connectivity index (χ3v) is 5.02. The molecular weight excluding hydrogens is 252 g/mol. The van der Waals surface area contributed by atoms with Crippen molar-refractivity contribution in [3.63, 3.8) is 0 Å². The van der Waals surface area contributed by atoms with E-state index in [1.807, 2.05) is 6.92 Å². The fraction of sp³-hybridized carbons (Fsp3) is 0.938. The lowest BCUT2D eigenvalue weighted by Crippen LogP contribution is -2.53. The van der Waals surface area contributed by atoms with Crippen molar-refractivity contribution in [2.24, 2.45) is 5.41 Å². The molecule has 0 aromatic heterocycles. The Morgan fingerprint density at radius 3 is 2.40 bits per heavy atom. The van der Waals surface area contributed by atoms with E-state index in [1.54, 1.807) is 0 Å². The molecule has 0 spiro atoms. The summed E-state index contributed by atoms with van der Waals surface area (Å²) < 4.78 is 0. The van der Waals surface area contributed by atoms with Gasteiger partial charge in [0.1, 0.15) is 0 Å². The summed E-state index contributed by atoms with van der Waals surface area (Å²) in [5, 5.41) is 9.55. The number of aliphatic hydroxyl groups excluding tert-OH is 1. The van der Waals surface area contributed by atoms with Gasteiger partial charge in [0.2, 0.25) is 5.91 Å². The van der Waals surface area contributed by atoms with Crippen LogP contribution in [0.2, 0.25) is 0 Å². The molecule has 2 aliphatic rings. The second kappa shape index (κ2) is 6.90. The minimum Gasteiger partial charge on any atom is -0.396 e. The van der Waals surface area contributed by atoms with Crippen molar-refractivity contribution in [1.82, 2.24) is 9.80 Å². The highest BCUT2D eigenvalue weighted by atomic mass is 16.3. The topological polar surface area (TPSA) is 43.8 Å². The number of nitrogens with zero attached hydrogens (tertiary/aromatic N) is 2. The summed E-state index contributed by atoms with van der Waals surface area (Å²) in [6, 6.07) is -0.0423. The van der Waals surface area contributed by atoms with Crippen molar-refractivity contribution in [3.8, 4) is 0 Å². The van der Waals surface area contributed by atoms with Crippen LogP contribution < -0.4 is 0 Å². The molecule has 20 heavy (non-hydrogen) atoms. The number of likely N-dealkylation sites (tertiary alicyclic amines) is 2. The Kier molecular flexibility index (Phi) is 5.44. The molecule has 0 radical (unpaired) electrons. The number of carbonyl (C=O) groups excluding carboxylic acids is 1. The van der Waals surface area contributed by atoms with Crippen molar-refractivity contribution >= 4 is 5.91 Å². The molecule has 116 valence electrons. The normalized spacial score (nSPS) is 30.9. The predicted octanol–water partition coefficient (Wildman–Crippen LogP) is 1.87. The second-order valence-corrected chi connectivity index (χ2v) is 6.96. The van der Waals surface area contributed by atoms with Gasteiger partial charge in [0.25, 0.3) is 0 Å². The van der Waals surface area contributed by atoms with Crippen LogP contribution in [0.3, 0.4) is 0 Å². The van der Waals surface area contributed by atoms with Gasteiger partial charge < -0.3 is 10.0 Å². The number of aliphatic hydroxyl groups is 1. The largest absolute Gasteiger partial charge is 0.396 e. The first-order valence-corrected chi connectivity index (χ1v) is 8.19. The predicted molar refractivity (Wildman–Crippen MR) is 80.5 cm³/mol. The van der Waals surface area contributed by atoms with Gasteiger partial charge >= 0.3 is 0 Å². The standard InChI is InChI=1S/C16H30N2O2/c1-14(15(20)17-9-5-3-4-6-10-17)18-11-7-8-16(2,12-18)13-19/h14,19H,3-13H2,1-2H3. The van der Waals surface area contributed by atoms with Gasteiger partial charge in [-0.2, -0.15) is 0 Å². The number of carbonyl (C=O) groups is 1. The molecule has 1 amide bonds. The lowest BCUT2D eigenvalue weighted by atomic mass is 9.82. The summed E-state index contributed by atoms with van der Waals surface area (Å²) in [5.74, 6) is 0.286. The maximum Gasteiger partial charge on any atom is 0.239 e. The maximum absolute atomic E-state index is 12.7. The van der Waals surface area contributed by atoms with Crippen LogP contribution in [-0.2, 0) is 4.79 Å². The lowest BCUT2D eigenvalue weighted by molar-refractivity contribution is -0.138. The van der Waals surface area contributed by atoms with Crippen LogP contribution in [0, 0.1) is 5.41 Å². The Hall–Kier alpha value is -0.610. The molecule has 2 heterocycles. The molecule has 0 saturated carbocycles. The first kappa shape index (κ1) is 15.8. The Morgan fingerprint density at radius 1 is 1.15 bits per heavy atom. The van der Waals surface area contributed by atoms with Gasteiger partial charge in [0.15, 0.2) is 0 Å². The third kappa shape index (κ3) is 3.73. The molecule has 2 atom stereocenters. The fourth-order valence-corrected chi connectivity index (χ4v) is 3.53. The molecule has 4 nitrogen and oxygen atoms in total. The van der Waals surface area contributed by atoms with Crippen LogP contribution in [0.15, 0.2) is 0 Å². The zero-order chi connectivity index (χ0) is 14.6. The summed E-state index contributed by atoms with van der Waals surface area (Å²) in [6.45, 7) is 8.05. The highest BCUT2D eigenvalue weighted by Crippen LogP contribution is 2.30. The van der Waals surface area contributed by atoms with Gasteiger partial charge in [-0.25, -0.2) is 0 Å². The van der Waals surface area contributed by atoms with E-state index >= 15 is 0 Å². The average molecular weight is 282 g/mol. The van der Waals surface area contributed by atoms with Gasteiger partial charge in [-0.3, -0.25) is 9.69 Å². The smallest absolute Gasteiger partial charge is 0.239 e. The van der Waals surface area contributed by atoms with E-state index in [0.29, 0.717) is 0 Å². The van der Waals surface area contributed by atoms with Crippen LogP contribution in [-0.4, -0.2) is 59.6 Å². The zero-order valence-electron chi connectivity index (χ0n) is 13.1. The number of hydrogen-bond donors (Lipinski definition) is 1. The van der Waals surface area contributed by atoms with Crippen LogP contribution in [0.25, 0.3) is 0 Å². The van der Waals surface area contributed by atoms with Gasteiger partial charge in [-0.15, -0.1) is 0 Å². The monoisotopic (exact) mass is 282 g/mol. The molecule has 2 aliphatic heterocycles. The van der Waals surface area contributed by atoms with E-state index in [0.717, 1.165) is 51.9 Å². The molecule has 0 bridgehead atoms. The van der Waals surface area contributed by atoms with Crippen molar-refractivity contribution < 1.29 is 9.90 Å². The number of hydrogen-bond acceptors (Lipinski definition) is 3. The zero-order valence-corrected chi connectivity index (χ0v) is 13.1. The molecule has 0 aromatic carbocycles. The van der Waals surface area contributed by atoms with Gasteiger partial charge in [-0.1, -0.05) is 19.8 Å². The Labute approximate surface area is 123 Å². The minimum atomic E-state index is -0.0423. The summed E-state index contributed by atoms with van der Waals surface area (Å²) in [7, 11) is 0. The van der Waals surface area contributed by atoms with E-state index in [4.69, 9.17) is 0 Å². The number of amides is 1. The summed E-state index contributed by atoms with van der Waals surface area (Å²) in [5.41, 5.74) is -0.0361. The van der Waals surface area contributed by atoms with Gasteiger partial charge in [-0.05, 0) is 39.2 Å². The molecular formula is C16H30N2O2. The lowest BCUT2D eigenvalue weighted by Gasteiger charge is -2.42. The Morgan fingerprint density at radius 2 is 1.80 bits per heavy atom. The molecule has 4 heteroatoms. The molecule has 0 aromatic rings. The second-order valence-electron chi connectivity index (χ2n) is 6.96. The number of rotatable bonds is 3. The summed E-state index contributed by atoms with van der Waals surface area (Å²) >= 11 is 0.